The normalized spacial score (nSPS) is 20.7. The van der Waals surface area contributed by atoms with E-state index in [1.807, 2.05) is 22.7 Å². The largest absolute Gasteiger partial charge is 0.316 e. The van der Waals surface area contributed by atoms with Crippen molar-refractivity contribution in [3.8, 4) is 0 Å². The van der Waals surface area contributed by atoms with Crippen LogP contribution in [0.2, 0.25) is 5.02 Å². The summed E-state index contributed by atoms with van der Waals surface area (Å²) >= 11 is 5.93. The summed E-state index contributed by atoms with van der Waals surface area (Å²) in [6, 6.07) is 3.79. The molecule has 0 aromatic carbocycles. The van der Waals surface area contributed by atoms with Gasteiger partial charge in [0, 0.05) is 17.4 Å². The lowest BCUT2D eigenvalue weighted by Crippen LogP contribution is -2.10. The molecule has 0 aliphatic carbocycles. The average Bonchev–Trinajstić information content (AvgIpc) is 2.86. The highest BCUT2D eigenvalue weighted by Crippen LogP contribution is 2.17. The Hall–Kier alpha value is -1.06. The van der Waals surface area contributed by atoms with Crippen molar-refractivity contribution in [2.45, 2.75) is 12.8 Å². The summed E-state index contributed by atoms with van der Waals surface area (Å²) in [5, 5.41) is 4.12. The zero-order valence-corrected chi connectivity index (χ0v) is 9.74. The van der Waals surface area contributed by atoms with E-state index >= 15 is 0 Å². The van der Waals surface area contributed by atoms with Gasteiger partial charge in [0.2, 0.25) is 0 Å². The molecule has 0 radical (unpaired) electrons. The molecular formula is C12H14ClN3. The maximum atomic E-state index is 5.93. The van der Waals surface area contributed by atoms with Crippen molar-refractivity contribution in [3.05, 3.63) is 35.2 Å². The van der Waals surface area contributed by atoms with E-state index in [0.717, 1.165) is 41.8 Å². The summed E-state index contributed by atoms with van der Waals surface area (Å²) in [7, 11) is 0. The maximum absolute atomic E-state index is 5.93. The van der Waals surface area contributed by atoms with Gasteiger partial charge in [0.05, 0.1) is 5.69 Å². The van der Waals surface area contributed by atoms with Crippen molar-refractivity contribution >= 4 is 17.2 Å². The van der Waals surface area contributed by atoms with Crippen molar-refractivity contribution in [1.82, 2.24) is 14.7 Å². The number of halogens is 1. The van der Waals surface area contributed by atoms with Crippen LogP contribution in [0.25, 0.3) is 5.65 Å². The van der Waals surface area contributed by atoms with Gasteiger partial charge in [0.1, 0.15) is 5.65 Å². The van der Waals surface area contributed by atoms with Crippen molar-refractivity contribution in [2.75, 3.05) is 13.1 Å². The third kappa shape index (κ3) is 1.93. The van der Waals surface area contributed by atoms with E-state index in [4.69, 9.17) is 11.6 Å². The van der Waals surface area contributed by atoms with Crippen molar-refractivity contribution < 1.29 is 0 Å². The van der Waals surface area contributed by atoms with Crippen LogP contribution >= 0.6 is 11.6 Å². The number of nitrogens with one attached hydrogen (secondary N) is 1. The van der Waals surface area contributed by atoms with Crippen molar-refractivity contribution in [2.24, 2.45) is 5.92 Å². The van der Waals surface area contributed by atoms with Gasteiger partial charge in [-0.1, -0.05) is 11.6 Å². The second kappa shape index (κ2) is 4.07. The topological polar surface area (TPSA) is 29.3 Å². The Morgan fingerprint density at radius 2 is 2.50 bits per heavy atom. The van der Waals surface area contributed by atoms with E-state index in [9.17, 15) is 0 Å². The number of hydrogen-bond donors (Lipinski definition) is 1. The third-order valence-electron chi connectivity index (χ3n) is 3.13. The highest BCUT2D eigenvalue weighted by molar-refractivity contribution is 6.30. The van der Waals surface area contributed by atoms with Crippen molar-refractivity contribution in [3.63, 3.8) is 0 Å². The van der Waals surface area contributed by atoms with E-state index in [0.29, 0.717) is 0 Å². The number of nitrogens with zero attached hydrogens (tertiary/aromatic N) is 2. The predicted molar refractivity (Wildman–Crippen MR) is 64.9 cm³/mol. The molecule has 3 heterocycles. The third-order valence-corrected chi connectivity index (χ3v) is 3.37. The summed E-state index contributed by atoms with van der Waals surface area (Å²) in [5.74, 6) is 0.736. The van der Waals surface area contributed by atoms with E-state index < -0.39 is 0 Å². The quantitative estimate of drug-likeness (QED) is 0.864. The van der Waals surface area contributed by atoms with Gasteiger partial charge in [-0.2, -0.15) is 0 Å². The molecule has 1 aliphatic rings. The van der Waals surface area contributed by atoms with Crippen LogP contribution in [-0.2, 0) is 6.42 Å². The Labute approximate surface area is 99.4 Å². The molecule has 4 heteroatoms. The Kier molecular flexibility index (Phi) is 2.58. The van der Waals surface area contributed by atoms with Crippen LogP contribution in [0.15, 0.2) is 24.5 Å². The van der Waals surface area contributed by atoms with Gasteiger partial charge < -0.3 is 9.72 Å². The Morgan fingerprint density at radius 1 is 1.56 bits per heavy atom. The molecule has 0 amide bonds. The molecular weight excluding hydrogens is 222 g/mol. The van der Waals surface area contributed by atoms with Crippen molar-refractivity contribution in [1.29, 1.82) is 0 Å². The van der Waals surface area contributed by atoms with Gasteiger partial charge in [0.25, 0.3) is 0 Å². The first-order valence-electron chi connectivity index (χ1n) is 5.65. The molecule has 1 atom stereocenters. The van der Waals surface area contributed by atoms with Gasteiger partial charge >= 0.3 is 0 Å². The van der Waals surface area contributed by atoms with Crippen LogP contribution in [-0.4, -0.2) is 22.5 Å². The number of pyridine rings is 1. The lowest BCUT2D eigenvalue weighted by atomic mass is 10.0. The molecule has 0 bridgehead atoms. The zero-order chi connectivity index (χ0) is 11.0. The monoisotopic (exact) mass is 235 g/mol. The minimum Gasteiger partial charge on any atom is -0.316 e. The Balaban J connectivity index is 1.86. The minimum atomic E-state index is 0.736. The molecule has 3 rings (SSSR count). The molecule has 84 valence electrons. The fourth-order valence-electron chi connectivity index (χ4n) is 2.29. The Morgan fingerprint density at radius 3 is 3.31 bits per heavy atom. The van der Waals surface area contributed by atoms with E-state index in [2.05, 4.69) is 16.5 Å². The molecule has 3 nitrogen and oxygen atoms in total. The molecule has 0 spiro atoms. The first-order chi connectivity index (χ1) is 7.81. The average molecular weight is 236 g/mol. The van der Waals surface area contributed by atoms with Gasteiger partial charge in [-0.25, -0.2) is 4.98 Å². The maximum Gasteiger partial charge on any atom is 0.138 e. The van der Waals surface area contributed by atoms with Crippen LogP contribution in [0.5, 0.6) is 0 Å². The first-order valence-corrected chi connectivity index (χ1v) is 6.03. The summed E-state index contributed by atoms with van der Waals surface area (Å²) in [6.07, 6.45) is 6.38. The molecule has 16 heavy (non-hydrogen) atoms. The molecule has 2 aromatic rings. The zero-order valence-electron chi connectivity index (χ0n) is 8.99. The van der Waals surface area contributed by atoms with E-state index in [1.165, 1.54) is 6.42 Å². The number of fused-ring (bicyclic) bond motifs is 1. The summed E-state index contributed by atoms with van der Waals surface area (Å²) in [5.41, 5.74) is 2.10. The van der Waals surface area contributed by atoms with Crippen LogP contribution in [0.3, 0.4) is 0 Å². The second-order valence-corrected chi connectivity index (χ2v) is 4.84. The molecule has 0 saturated carbocycles. The number of aromatic nitrogens is 2. The van der Waals surface area contributed by atoms with Gasteiger partial charge in [0.15, 0.2) is 0 Å². The predicted octanol–water partition coefficient (Wildman–Crippen LogP) is 2.14. The van der Waals surface area contributed by atoms with Gasteiger partial charge in [-0.3, -0.25) is 0 Å². The lowest BCUT2D eigenvalue weighted by Gasteiger charge is -2.03. The fourth-order valence-corrected chi connectivity index (χ4v) is 2.45. The molecule has 1 aliphatic heterocycles. The summed E-state index contributed by atoms with van der Waals surface area (Å²) in [4.78, 5) is 4.59. The molecule has 2 aromatic heterocycles. The Bertz CT molecular complexity index is 500. The van der Waals surface area contributed by atoms with Crippen LogP contribution < -0.4 is 5.32 Å². The van der Waals surface area contributed by atoms with Gasteiger partial charge in [-0.15, -0.1) is 0 Å². The van der Waals surface area contributed by atoms with E-state index in [1.54, 1.807) is 0 Å². The van der Waals surface area contributed by atoms with E-state index in [-0.39, 0.29) is 0 Å². The SMILES string of the molecule is Clc1ccn2cc(CC3CCNC3)nc2c1. The fraction of sp³-hybridized carbons (Fsp3) is 0.417. The molecule has 1 fully saturated rings. The standard InChI is InChI=1S/C12H14ClN3/c13-10-2-4-16-8-11(15-12(16)6-10)5-9-1-3-14-7-9/h2,4,6,8-9,14H,1,3,5,7H2. The highest BCUT2D eigenvalue weighted by Gasteiger charge is 2.16. The number of hydrogen-bond acceptors (Lipinski definition) is 2. The van der Waals surface area contributed by atoms with Crippen LogP contribution in [0.4, 0.5) is 0 Å². The first kappa shape index (κ1) is 10.1. The van der Waals surface area contributed by atoms with Crippen LogP contribution in [0.1, 0.15) is 12.1 Å². The second-order valence-electron chi connectivity index (χ2n) is 4.41. The number of rotatable bonds is 2. The summed E-state index contributed by atoms with van der Waals surface area (Å²) in [6.45, 7) is 2.26. The molecule has 1 N–H and O–H groups in total. The number of imidazole rings is 1. The summed E-state index contributed by atoms with van der Waals surface area (Å²) < 4.78 is 2.03. The smallest absolute Gasteiger partial charge is 0.138 e. The molecule has 1 unspecified atom stereocenters. The van der Waals surface area contributed by atoms with Gasteiger partial charge in [-0.05, 0) is 44.0 Å². The highest BCUT2D eigenvalue weighted by atomic mass is 35.5. The lowest BCUT2D eigenvalue weighted by molar-refractivity contribution is 0.573. The van der Waals surface area contributed by atoms with Crippen LogP contribution in [0, 0.1) is 5.92 Å². The molecule has 1 saturated heterocycles. The minimum absolute atomic E-state index is 0.736.